The largest absolute Gasteiger partial charge is 0.456 e. The van der Waals surface area contributed by atoms with Crippen LogP contribution in [0.4, 0.5) is 0 Å². The second-order valence-corrected chi connectivity index (χ2v) is 5.06. The highest BCUT2D eigenvalue weighted by molar-refractivity contribution is 7.98. The van der Waals surface area contributed by atoms with Crippen LogP contribution in [0.15, 0.2) is 47.4 Å². The summed E-state index contributed by atoms with van der Waals surface area (Å²) in [4.78, 5) is 1.05. The van der Waals surface area contributed by atoms with Gasteiger partial charge in [0.15, 0.2) is 0 Å². The van der Waals surface area contributed by atoms with Gasteiger partial charge in [0.2, 0.25) is 0 Å². The van der Waals surface area contributed by atoms with E-state index in [-0.39, 0.29) is 5.84 Å². The number of thioether (sulfide) groups is 1. The SMILES string of the molecule is CSc1ccccc1Oc1ccc(C(=N)N)c(Cl)c1. The molecule has 2 aromatic carbocycles. The number of nitrogen functional groups attached to an aromatic ring is 1. The molecule has 0 radical (unpaired) electrons. The van der Waals surface area contributed by atoms with E-state index in [2.05, 4.69) is 0 Å². The first-order valence-corrected chi connectivity index (χ1v) is 7.17. The Kier molecular flexibility index (Phi) is 4.35. The third-order valence-electron chi connectivity index (χ3n) is 2.53. The molecule has 2 rings (SSSR count). The summed E-state index contributed by atoms with van der Waals surface area (Å²) in [5, 5.41) is 7.79. The first-order chi connectivity index (χ1) is 9.11. The van der Waals surface area contributed by atoms with Gasteiger partial charge < -0.3 is 10.5 Å². The summed E-state index contributed by atoms with van der Waals surface area (Å²) >= 11 is 7.67. The summed E-state index contributed by atoms with van der Waals surface area (Å²) in [6, 6.07) is 12.9. The molecule has 19 heavy (non-hydrogen) atoms. The average molecular weight is 293 g/mol. The van der Waals surface area contributed by atoms with Crippen LogP contribution in [-0.2, 0) is 0 Å². The summed E-state index contributed by atoms with van der Waals surface area (Å²) in [7, 11) is 0. The van der Waals surface area contributed by atoms with Crippen LogP contribution >= 0.6 is 23.4 Å². The molecule has 0 aliphatic carbocycles. The molecule has 0 saturated carbocycles. The van der Waals surface area contributed by atoms with Gasteiger partial charge in [-0.15, -0.1) is 11.8 Å². The van der Waals surface area contributed by atoms with Crippen molar-refractivity contribution in [1.29, 1.82) is 5.41 Å². The molecule has 0 spiro atoms. The Morgan fingerprint density at radius 1 is 1.26 bits per heavy atom. The second kappa shape index (κ2) is 5.99. The van der Waals surface area contributed by atoms with Gasteiger partial charge in [0.1, 0.15) is 17.3 Å². The lowest BCUT2D eigenvalue weighted by atomic mass is 10.2. The Morgan fingerprint density at radius 3 is 2.63 bits per heavy atom. The Morgan fingerprint density at radius 2 is 2.00 bits per heavy atom. The number of amidine groups is 1. The topological polar surface area (TPSA) is 59.1 Å². The van der Waals surface area contributed by atoms with E-state index in [0.717, 1.165) is 10.6 Å². The summed E-state index contributed by atoms with van der Waals surface area (Å²) < 4.78 is 5.80. The van der Waals surface area contributed by atoms with Crippen molar-refractivity contribution in [2.24, 2.45) is 5.73 Å². The molecule has 0 heterocycles. The van der Waals surface area contributed by atoms with Crippen LogP contribution in [0.5, 0.6) is 11.5 Å². The lowest BCUT2D eigenvalue weighted by molar-refractivity contribution is 0.471. The third kappa shape index (κ3) is 3.22. The number of hydrogen-bond acceptors (Lipinski definition) is 3. The molecule has 0 unspecified atom stereocenters. The first-order valence-electron chi connectivity index (χ1n) is 5.56. The third-order valence-corrected chi connectivity index (χ3v) is 3.62. The average Bonchev–Trinajstić information content (AvgIpc) is 2.39. The zero-order valence-corrected chi connectivity index (χ0v) is 11.9. The van der Waals surface area contributed by atoms with Crippen LogP contribution in [0.25, 0.3) is 0 Å². The molecule has 3 N–H and O–H groups in total. The molecule has 0 fully saturated rings. The Balaban J connectivity index is 2.29. The predicted octanol–water partition coefficient (Wildman–Crippen LogP) is 4.14. The van der Waals surface area contributed by atoms with Crippen LogP contribution in [0.2, 0.25) is 5.02 Å². The molecular formula is C14H13ClN2OS. The molecule has 0 aliphatic rings. The number of halogens is 1. The highest BCUT2D eigenvalue weighted by Crippen LogP contribution is 2.32. The van der Waals surface area contributed by atoms with Crippen molar-refractivity contribution >= 4 is 29.2 Å². The van der Waals surface area contributed by atoms with E-state index in [9.17, 15) is 0 Å². The highest BCUT2D eigenvalue weighted by Gasteiger charge is 2.07. The number of nitrogens with one attached hydrogen (secondary N) is 1. The maximum atomic E-state index is 7.38. The maximum Gasteiger partial charge on any atom is 0.140 e. The second-order valence-electron chi connectivity index (χ2n) is 3.81. The molecular weight excluding hydrogens is 280 g/mol. The smallest absolute Gasteiger partial charge is 0.140 e. The van der Waals surface area contributed by atoms with Crippen LogP contribution in [0.1, 0.15) is 5.56 Å². The van der Waals surface area contributed by atoms with Gasteiger partial charge in [0.05, 0.1) is 5.02 Å². The van der Waals surface area contributed by atoms with E-state index in [1.807, 2.05) is 30.5 Å². The minimum atomic E-state index is -0.0546. The summed E-state index contributed by atoms with van der Waals surface area (Å²) in [6.45, 7) is 0. The van der Waals surface area contributed by atoms with Gasteiger partial charge in [0, 0.05) is 16.5 Å². The molecule has 0 atom stereocenters. The Hall–Kier alpha value is -1.65. The molecule has 5 heteroatoms. The van der Waals surface area contributed by atoms with Crippen LogP contribution in [-0.4, -0.2) is 12.1 Å². The highest BCUT2D eigenvalue weighted by atomic mass is 35.5. The number of nitrogens with two attached hydrogens (primary N) is 1. The van der Waals surface area contributed by atoms with Crippen molar-refractivity contribution in [1.82, 2.24) is 0 Å². The van der Waals surface area contributed by atoms with E-state index in [0.29, 0.717) is 16.3 Å². The summed E-state index contributed by atoms with van der Waals surface area (Å²) in [6.07, 6.45) is 1.99. The molecule has 0 aliphatic heterocycles. The fourth-order valence-corrected chi connectivity index (χ4v) is 2.41. The lowest BCUT2D eigenvalue weighted by Crippen LogP contribution is -2.11. The van der Waals surface area contributed by atoms with Crippen molar-refractivity contribution in [3.8, 4) is 11.5 Å². The van der Waals surface area contributed by atoms with Gasteiger partial charge in [-0.25, -0.2) is 0 Å². The number of rotatable bonds is 4. The molecule has 0 amide bonds. The molecule has 0 bridgehead atoms. The fourth-order valence-electron chi connectivity index (χ4n) is 1.61. The standard InChI is InChI=1S/C14H13ClN2OS/c1-19-13-5-3-2-4-12(13)18-9-6-7-10(14(16)17)11(15)8-9/h2-8H,1H3,(H3,16,17). The normalized spacial score (nSPS) is 10.2. The van der Waals surface area contributed by atoms with Gasteiger partial charge in [-0.1, -0.05) is 23.7 Å². The van der Waals surface area contributed by atoms with Gasteiger partial charge in [-0.2, -0.15) is 0 Å². The lowest BCUT2D eigenvalue weighted by Gasteiger charge is -2.10. The van der Waals surface area contributed by atoms with E-state index in [1.54, 1.807) is 30.0 Å². The van der Waals surface area contributed by atoms with Crippen molar-refractivity contribution in [3.05, 3.63) is 53.1 Å². The summed E-state index contributed by atoms with van der Waals surface area (Å²) in [5.41, 5.74) is 5.92. The number of benzene rings is 2. The van der Waals surface area contributed by atoms with Crippen LogP contribution in [0.3, 0.4) is 0 Å². The monoisotopic (exact) mass is 292 g/mol. The Bertz CT molecular complexity index is 616. The van der Waals surface area contributed by atoms with E-state index in [1.165, 1.54) is 0 Å². The van der Waals surface area contributed by atoms with E-state index < -0.39 is 0 Å². The van der Waals surface area contributed by atoms with Crippen molar-refractivity contribution in [2.75, 3.05) is 6.26 Å². The molecule has 98 valence electrons. The molecule has 0 saturated heterocycles. The summed E-state index contributed by atoms with van der Waals surface area (Å²) in [5.74, 6) is 1.35. The van der Waals surface area contributed by atoms with Gasteiger partial charge in [-0.3, -0.25) is 5.41 Å². The fraction of sp³-hybridized carbons (Fsp3) is 0.0714. The zero-order valence-electron chi connectivity index (χ0n) is 10.3. The predicted molar refractivity (Wildman–Crippen MR) is 80.8 cm³/mol. The maximum absolute atomic E-state index is 7.38. The number of hydrogen-bond donors (Lipinski definition) is 2. The van der Waals surface area contributed by atoms with Crippen molar-refractivity contribution in [3.63, 3.8) is 0 Å². The van der Waals surface area contributed by atoms with Gasteiger partial charge >= 0.3 is 0 Å². The molecule has 0 aromatic heterocycles. The minimum Gasteiger partial charge on any atom is -0.456 e. The Labute approximate surface area is 121 Å². The van der Waals surface area contributed by atoms with Crippen molar-refractivity contribution in [2.45, 2.75) is 4.90 Å². The number of ether oxygens (including phenoxy) is 1. The minimum absolute atomic E-state index is 0.0546. The zero-order chi connectivity index (χ0) is 13.8. The van der Waals surface area contributed by atoms with Gasteiger partial charge in [-0.05, 0) is 30.5 Å². The first kappa shape index (κ1) is 13.8. The molecule has 2 aromatic rings. The van der Waals surface area contributed by atoms with Crippen LogP contribution in [0, 0.1) is 5.41 Å². The number of para-hydroxylation sites is 1. The van der Waals surface area contributed by atoms with E-state index in [4.69, 9.17) is 27.5 Å². The molecule has 3 nitrogen and oxygen atoms in total. The van der Waals surface area contributed by atoms with Crippen molar-refractivity contribution < 1.29 is 4.74 Å². The quantitative estimate of drug-likeness (QED) is 0.506. The van der Waals surface area contributed by atoms with E-state index >= 15 is 0 Å². The van der Waals surface area contributed by atoms with Gasteiger partial charge in [0.25, 0.3) is 0 Å². The van der Waals surface area contributed by atoms with Crippen LogP contribution < -0.4 is 10.5 Å².